The SMILES string of the molecule is CCCC(Cl)CNC(=O)c1cccc(C)c1Br. The van der Waals surface area contributed by atoms with Crippen LogP contribution >= 0.6 is 27.5 Å². The van der Waals surface area contributed by atoms with Gasteiger partial charge in [-0.1, -0.05) is 25.5 Å². The van der Waals surface area contributed by atoms with Gasteiger partial charge in [0.25, 0.3) is 5.91 Å². The maximum absolute atomic E-state index is 11.9. The van der Waals surface area contributed by atoms with Crippen molar-refractivity contribution >= 4 is 33.4 Å². The van der Waals surface area contributed by atoms with Crippen LogP contribution in [-0.2, 0) is 0 Å². The fourth-order valence-corrected chi connectivity index (χ4v) is 2.28. The first-order valence-electron chi connectivity index (χ1n) is 5.73. The van der Waals surface area contributed by atoms with Gasteiger partial charge in [0.1, 0.15) is 0 Å². The number of rotatable bonds is 5. The summed E-state index contributed by atoms with van der Waals surface area (Å²) in [5, 5.41) is 2.86. The van der Waals surface area contributed by atoms with Crippen molar-refractivity contribution in [2.24, 2.45) is 0 Å². The number of carbonyl (C=O) groups is 1. The first-order valence-corrected chi connectivity index (χ1v) is 6.96. The Labute approximate surface area is 116 Å². The predicted octanol–water partition coefficient (Wildman–Crippen LogP) is 3.89. The molecule has 0 saturated carbocycles. The number of aryl methyl sites for hydroxylation is 1. The summed E-state index contributed by atoms with van der Waals surface area (Å²) in [4.78, 5) is 11.9. The van der Waals surface area contributed by atoms with Crippen molar-refractivity contribution in [3.05, 3.63) is 33.8 Å². The largest absolute Gasteiger partial charge is 0.351 e. The van der Waals surface area contributed by atoms with Gasteiger partial charge in [0.15, 0.2) is 0 Å². The number of alkyl halides is 1. The number of amides is 1. The number of benzene rings is 1. The lowest BCUT2D eigenvalue weighted by molar-refractivity contribution is 0.0952. The first kappa shape index (κ1) is 14.5. The van der Waals surface area contributed by atoms with Gasteiger partial charge in [-0.2, -0.15) is 0 Å². The Bertz CT molecular complexity index is 395. The fraction of sp³-hybridized carbons (Fsp3) is 0.462. The van der Waals surface area contributed by atoms with Crippen LogP contribution in [0.1, 0.15) is 35.7 Å². The van der Waals surface area contributed by atoms with E-state index in [2.05, 4.69) is 28.2 Å². The highest BCUT2D eigenvalue weighted by Crippen LogP contribution is 2.20. The molecule has 0 aliphatic carbocycles. The number of hydrogen-bond donors (Lipinski definition) is 1. The summed E-state index contributed by atoms with van der Waals surface area (Å²) in [6, 6.07) is 5.64. The Morgan fingerprint density at radius 2 is 2.24 bits per heavy atom. The topological polar surface area (TPSA) is 29.1 Å². The van der Waals surface area contributed by atoms with Crippen LogP contribution < -0.4 is 5.32 Å². The zero-order valence-electron chi connectivity index (χ0n) is 10.1. The van der Waals surface area contributed by atoms with Crippen molar-refractivity contribution < 1.29 is 4.79 Å². The quantitative estimate of drug-likeness (QED) is 0.820. The van der Waals surface area contributed by atoms with Crippen LogP contribution in [0.5, 0.6) is 0 Å². The second kappa shape index (κ2) is 7.02. The van der Waals surface area contributed by atoms with E-state index >= 15 is 0 Å². The molecule has 0 bridgehead atoms. The summed E-state index contributed by atoms with van der Waals surface area (Å²) in [7, 11) is 0. The van der Waals surface area contributed by atoms with Crippen molar-refractivity contribution in [3.8, 4) is 0 Å². The van der Waals surface area contributed by atoms with Gasteiger partial charge in [0, 0.05) is 11.0 Å². The molecule has 1 rings (SSSR count). The molecule has 0 aliphatic rings. The van der Waals surface area contributed by atoms with E-state index in [-0.39, 0.29) is 11.3 Å². The van der Waals surface area contributed by atoms with Crippen molar-refractivity contribution in [3.63, 3.8) is 0 Å². The molecule has 0 heterocycles. The molecule has 1 aromatic rings. The lowest BCUT2D eigenvalue weighted by Gasteiger charge is -2.11. The highest BCUT2D eigenvalue weighted by molar-refractivity contribution is 9.10. The molecule has 1 N–H and O–H groups in total. The van der Waals surface area contributed by atoms with Crippen molar-refractivity contribution in [1.29, 1.82) is 0 Å². The molecule has 0 aliphatic heterocycles. The maximum Gasteiger partial charge on any atom is 0.252 e. The van der Waals surface area contributed by atoms with Gasteiger partial charge in [-0.25, -0.2) is 0 Å². The summed E-state index contributed by atoms with van der Waals surface area (Å²) in [6.07, 6.45) is 1.94. The van der Waals surface area contributed by atoms with Gasteiger partial charge in [0.05, 0.1) is 10.9 Å². The summed E-state index contributed by atoms with van der Waals surface area (Å²) < 4.78 is 0.846. The molecule has 0 spiro atoms. The van der Waals surface area contributed by atoms with E-state index in [1.165, 1.54) is 0 Å². The Kier molecular flexibility index (Phi) is 6.00. The number of carbonyl (C=O) groups excluding carboxylic acids is 1. The lowest BCUT2D eigenvalue weighted by Crippen LogP contribution is -2.30. The zero-order valence-corrected chi connectivity index (χ0v) is 12.4. The Hall–Kier alpha value is -0.540. The summed E-state index contributed by atoms with van der Waals surface area (Å²) in [5.41, 5.74) is 1.71. The van der Waals surface area contributed by atoms with Crippen molar-refractivity contribution in [1.82, 2.24) is 5.32 Å². The molecular formula is C13H17BrClNO. The van der Waals surface area contributed by atoms with Gasteiger partial charge in [-0.05, 0) is 40.9 Å². The Balaban J connectivity index is 2.61. The van der Waals surface area contributed by atoms with Gasteiger partial charge in [-0.3, -0.25) is 4.79 Å². The van der Waals surface area contributed by atoms with Gasteiger partial charge >= 0.3 is 0 Å². The second-order valence-electron chi connectivity index (χ2n) is 4.03. The molecule has 0 fully saturated rings. The molecule has 1 aromatic carbocycles. The minimum Gasteiger partial charge on any atom is -0.351 e. The summed E-state index contributed by atoms with van der Waals surface area (Å²) in [6.45, 7) is 4.55. The third kappa shape index (κ3) is 4.32. The van der Waals surface area contributed by atoms with E-state index in [0.717, 1.165) is 22.9 Å². The van der Waals surface area contributed by atoms with Crippen LogP contribution in [0, 0.1) is 6.92 Å². The average Bonchev–Trinajstić information content (AvgIpc) is 2.30. The number of halogens is 2. The molecule has 1 atom stereocenters. The van der Waals surface area contributed by atoms with Crippen LogP contribution in [0.3, 0.4) is 0 Å². The molecule has 94 valence electrons. The maximum atomic E-state index is 11.9. The van der Waals surface area contributed by atoms with E-state index in [4.69, 9.17) is 11.6 Å². The monoisotopic (exact) mass is 317 g/mol. The third-order valence-electron chi connectivity index (χ3n) is 2.52. The molecule has 4 heteroatoms. The summed E-state index contributed by atoms with van der Waals surface area (Å²) >= 11 is 9.48. The average molecular weight is 319 g/mol. The van der Waals surface area contributed by atoms with Gasteiger partial charge < -0.3 is 5.32 Å². The number of hydrogen-bond acceptors (Lipinski definition) is 1. The Morgan fingerprint density at radius 3 is 2.88 bits per heavy atom. The van der Waals surface area contributed by atoms with E-state index in [9.17, 15) is 4.79 Å². The van der Waals surface area contributed by atoms with E-state index in [0.29, 0.717) is 12.1 Å². The highest BCUT2D eigenvalue weighted by Gasteiger charge is 2.12. The molecule has 0 aromatic heterocycles. The standard InChI is InChI=1S/C13H17BrClNO/c1-3-5-10(15)8-16-13(17)11-7-4-6-9(2)12(11)14/h4,6-7,10H,3,5,8H2,1-2H3,(H,16,17). The van der Waals surface area contributed by atoms with Crippen LogP contribution in [0.25, 0.3) is 0 Å². The lowest BCUT2D eigenvalue weighted by atomic mass is 10.1. The van der Waals surface area contributed by atoms with Crippen LogP contribution in [0.4, 0.5) is 0 Å². The Morgan fingerprint density at radius 1 is 1.53 bits per heavy atom. The van der Waals surface area contributed by atoms with Crippen molar-refractivity contribution in [2.45, 2.75) is 32.1 Å². The van der Waals surface area contributed by atoms with E-state index < -0.39 is 0 Å². The van der Waals surface area contributed by atoms with Crippen molar-refractivity contribution in [2.75, 3.05) is 6.54 Å². The molecule has 17 heavy (non-hydrogen) atoms. The van der Waals surface area contributed by atoms with Crippen LogP contribution in [0.15, 0.2) is 22.7 Å². The molecule has 2 nitrogen and oxygen atoms in total. The van der Waals surface area contributed by atoms with E-state index in [1.54, 1.807) is 6.07 Å². The predicted molar refractivity (Wildman–Crippen MR) is 75.8 cm³/mol. The molecule has 0 saturated heterocycles. The normalized spacial score (nSPS) is 12.2. The van der Waals surface area contributed by atoms with Gasteiger partial charge in [0.2, 0.25) is 0 Å². The van der Waals surface area contributed by atoms with Crippen LogP contribution in [0.2, 0.25) is 0 Å². The molecule has 1 amide bonds. The third-order valence-corrected chi connectivity index (χ3v) is 3.95. The molecule has 1 unspecified atom stereocenters. The fourth-order valence-electron chi connectivity index (χ4n) is 1.54. The minimum absolute atomic E-state index is 0.00698. The first-order chi connectivity index (χ1) is 8.06. The molecule has 0 radical (unpaired) electrons. The molecular weight excluding hydrogens is 302 g/mol. The minimum atomic E-state index is -0.0812. The summed E-state index contributed by atoms with van der Waals surface area (Å²) in [5.74, 6) is -0.0812. The highest BCUT2D eigenvalue weighted by atomic mass is 79.9. The van der Waals surface area contributed by atoms with Gasteiger partial charge in [-0.15, -0.1) is 11.6 Å². The van der Waals surface area contributed by atoms with E-state index in [1.807, 2.05) is 19.1 Å². The number of nitrogens with one attached hydrogen (secondary N) is 1. The smallest absolute Gasteiger partial charge is 0.252 e. The van der Waals surface area contributed by atoms with Crippen LogP contribution in [-0.4, -0.2) is 17.8 Å². The zero-order chi connectivity index (χ0) is 12.8. The second-order valence-corrected chi connectivity index (χ2v) is 5.44.